The molecule has 0 saturated heterocycles. The minimum absolute atomic E-state index is 0.167. The van der Waals surface area contributed by atoms with Crippen molar-refractivity contribution >= 4 is 5.97 Å². The fourth-order valence-electron chi connectivity index (χ4n) is 1.69. The van der Waals surface area contributed by atoms with Gasteiger partial charge in [0.2, 0.25) is 0 Å². The minimum atomic E-state index is -0.193. The molecule has 0 radical (unpaired) electrons. The van der Waals surface area contributed by atoms with Gasteiger partial charge < -0.3 is 4.74 Å². The summed E-state index contributed by atoms with van der Waals surface area (Å²) in [6.45, 7) is 4.08. The Hall–Kier alpha value is -0.790. The van der Waals surface area contributed by atoms with Crippen molar-refractivity contribution < 1.29 is 9.53 Å². The number of carbonyl (C=O) groups excluding carboxylic acids is 1. The van der Waals surface area contributed by atoms with E-state index in [0.29, 0.717) is 0 Å². The van der Waals surface area contributed by atoms with Crippen LogP contribution in [0.3, 0.4) is 0 Å². The number of allylic oxidation sites excluding steroid dienone is 1. The number of hydrogen-bond acceptors (Lipinski definition) is 2. The molecule has 0 aromatic heterocycles. The second kappa shape index (κ2) is 5.05. The summed E-state index contributed by atoms with van der Waals surface area (Å²) in [6, 6.07) is 0. The van der Waals surface area contributed by atoms with Gasteiger partial charge in [-0.05, 0) is 38.5 Å². The lowest BCUT2D eigenvalue weighted by atomic mass is 9.89. The predicted molar refractivity (Wildman–Crippen MR) is 52.3 cm³/mol. The first kappa shape index (κ1) is 10.3. The molecule has 1 aliphatic carbocycles. The molecule has 0 aliphatic heterocycles. The van der Waals surface area contributed by atoms with Crippen LogP contribution >= 0.6 is 0 Å². The van der Waals surface area contributed by atoms with E-state index in [1.807, 2.05) is 6.92 Å². The van der Waals surface area contributed by atoms with E-state index in [-0.39, 0.29) is 12.1 Å². The van der Waals surface area contributed by atoms with Crippen molar-refractivity contribution in [3.63, 3.8) is 0 Å². The van der Waals surface area contributed by atoms with Crippen molar-refractivity contribution in [3.05, 3.63) is 12.2 Å². The predicted octanol–water partition coefficient (Wildman–Crippen LogP) is 2.68. The average Bonchev–Trinajstić information content (AvgIpc) is 2.09. The molecule has 0 heterocycles. The van der Waals surface area contributed by atoms with E-state index >= 15 is 0 Å². The highest BCUT2D eigenvalue weighted by Crippen LogP contribution is 2.25. The number of ether oxygens (including phenoxy) is 1. The Morgan fingerprint density at radius 3 is 2.46 bits per heavy atom. The van der Waals surface area contributed by atoms with Crippen LogP contribution in [0.4, 0.5) is 0 Å². The maximum atomic E-state index is 11.1. The molecule has 0 bridgehead atoms. The summed E-state index contributed by atoms with van der Waals surface area (Å²) in [5, 5.41) is 0. The summed E-state index contributed by atoms with van der Waals surface area (Å²) >= 11 is 0. The molecule has 0 N–H and O–H groups in total. The van der Waals surface area contributed by atoms with Crippen molar-refractivity contribution in [2.75, 3.05) is 0 Å². The first-order valence-corrected chi connectivity index (χ1v) is 5.05. The molecule has 13 heavy (non-hydrogen) atoms. The number of hydrogen-bond donors (Lipinski definition) is 0. The van der Waals surface area contributed by atoms with Crippen molar-refractivity contribution in [2.45, 2.75) is 45.6 Å². The van der Waals surface area contributed by atoms with Gasteiger partial charge in [0.25, 0.3) is 0 Å². The summed E-state index contributed by atoms with van der Waals surface area (Å²) in [5.74, 6) is 0.610. The minimum Gasteiger partial charge on any atom is -0.459 e. The van der Waals surface area contributed by atoms with E-state index in [4.69, 9.17) is 4.74 Å². The smallest absolute Gasteiger partial charge is 0.330 e. The van der Waals surface area contributed by atoms with Gasteiger partial charge in [0.1, 0.15) is 6.10 Å². The average molecular weight is 182 g/mol. The highest BCUT2D eigenvalue weighted by atomic mass is 16.5. The van der Waals surface area contributed by atoms with Gasteiger partial charge in [0.15, 0.2) is 0 Å². The molecule has 0 aromatic rings. The first-order chi connectivity index (χ1) is 6.22. The number of rotatable bonds is 2. The molecule has 0 aromatic carbocycles. The maximum absolute atomic E-state index is 11.1. The van der Waals surface area contributed by atoms with Crippen LogP contribution in [0.15, 0.2) is 12.2 Å². The summed E-state index contributed by atoms with van der Waals surface area (Å²) in [5.41, 5.74) is 0. The van der Waals surface area contributed by atoms with Crippen LogP contribution in [0.5, 0.6) is 0 Å². The topological polar surface area (TPSA) is 26.3 Å². The lowest BCUT2D eigenvalue weighted by Gasteiger charge is -2.25. The molecule has 0 spiro atoms. The zero-order valence-electron chi connectivity index (χ0n) is 8.45. The van der Waals surface area contributed by atoms with Crippen LogP contribution in [0.1, 0.15) is 39.5 Å². The van der Waals surface area contributed by atoms with Gasteiger partial charge in [-0.2, -0.15) is 0 Å². The van der Waals surface area contributed by atoms with E-state index in [1.54, 1.807) is 6.08 Å². The van der Waals surface area contributed by atoms with Crippen LogP contribution in [0.2, 0.25) is 0 Å². The zero-order chi connectivity index (χ0) is 9.68. The normalized spacial score (nSPS) is 29.1. The molecule has 74 valence electrons. The van der Waals surface area contributed by atoms with Crippen LogP contribution < -0.4 is 0 Å². The van der Waals surface area contributed by atoms with Gasteiger partial charge >= 0.3 is 5.97 Å². The molecule has 0 amide bonds. The van der Waals surface area contributed by atoms with Gasteiger partial charge in [0, 0.05) is 6.08 Å². The molecule has 0 unspecified atom stereocenters. The number of carbonyl (C=O) groups is 1. The Morgan fingerprint density at radius 2 is 1.92 bits per heavy atom. The van der Waals surface area contributed by atoms with E-state index < -0.39 is 0 Å². The summed E-state index contributed by atoms with van der Waals surface area (Å²) < 4.78 is 5.25. The molecule has 2 heteroatoms. The standard InChI is InChI=1S/C11H18O2/c1-3-4-11(12)13-10-7-5-9(2)6-8-10/h3-4,9-10H,5-8H2,1-2H3. The zero-order valence-corrected chi connectivity index (χ0v) is 8.45. The van der Waals surface area contributed by atoms with E-state index in [2.05, 4.69) is 6.92 Å². The fraction of sp³-hybridized carbons (Fsp3) is 0.727. The van der Waals surface area contributed by atoms with Gasteiger partial charge in [-0.25, -0.2) is 4.79 Å². The Morgan fingerprint density at radius 1 is 1.31 bits per heavy atom. The Labute approximate surface area is 80.0 Å². The fourth-order valence-corrected chi connectivity index (χ4v) is 1.69. The van der Waals surface area contributed by atoms with Crippen LogP contribution in [-0.2, 0) is 9.53 Å². The third-order valence-electron chi connectivity index (χ3n) is 2.55. The molecule has 1 rings (SSSR count). The Bertz CT molecular complexity index is 188. The van der Waals surface area contributed by atoms with Crippen molar-refractivity contribution in [2.24, 2.45) is 5.92 Å². The largest absolute Gasteiger partial charge is 0.459 e. The molecular weight excluding hydrogens is 164 g/mol. The molecule has 2 nitrogen and oxygen atoms in total. The van der Waals surface area contributed by atoms with E-state index in [9.17, 15) is 4.79 Å². The third kappa shape index (κ3) is 3.62. The van der Waals surface area contributed by atoms with Crippen molar-refractivity contribution in [1.82, 2.24) is 0 Å². The van der Waals surface area contributed by atoms with Gasteiger partial charge in [0.05, 0.1) is 0 Å². The van der Waals surface area contributed by atoms with Crippen molar-refractivity contribution in [3.8, 4) is 0 Å². The van der Waals surface area contributed by atoms with Gasteiger partial charge in [-0.3, -0.25) is 0 Å². The van der Waals surface area contributed by atoms with Crippen LogP contribution in [0.25, 0.3) is 0 Å². The molecule has 1 saturated carbocycles. The molecule has 0 atom stereocenters. The second-order valence-corrected chi connectivity index (χ2v) is 3.82. The molecular formula is C11H18O2. The van der Waals surface area contributed by atoms with Crippen LogP contribution in [-0.4, -0.2) is 12.1 Å². The van der Waals surface area contributed by atoms with E-state index in [1.165, 1.54) is 18.9 Å². The summed E-state index contributed by atoms with van der Waals surface area (Å²) in [4.78, 5) is 11.1. The molecule has 1 aliphatic rings. The quantitative estimate of drug-likeness (QED) is 0.485. The Balaban J connectivity index is 2.26. The monoisotopic (exact) mass is 182 g/mol. The summed E-state index contributed by atoms with van der Waals surface area (Å²) in [6.07, 6.45) is 7.81. The highest BCUT2D eigenvalue weighted by molar-refractivity contribution is 5.81. The first-order valence-electron chi connectivity index (χ1n) is 5.05. The SMILES string of the molecule is CC=CC(=O)OC1CCC(C)CC1. The highest BCUT2D eigenvalue weighted by Gasteiger charge is 2.20. The van der Waals surface area contributed by atoms with Crippen LogP contribution in [0, 0.1) is 5.92 Å². The summed E-state index contributed by atoms with van der Waals surface area (Å²) in [7, 11) is 0. The van der Waals surface area contributed by atoms with E-state index in [0.717, 1.165) is 18.8 Å². The Kier molecular flexibility index (Phi) is 4.00. The van der Waals surface area contributed by atoms with Gasteiger partial charge in [-0.1, -0.05) is 13.0 Å². The maximum Gasteiger partial charge on any atom is 0.330 e. The molecule has 1 fully saturated rings. The van der Waals surface area contributed by atoms with Crippen molar-refractivity contribution in [1.29, 1.82) is 0 Å². The number of esters is 1. The lowest BCUT2D eigenvalue weighted by Crippen LogP contribution is -2.22. The third-order valence-corrected chi connectivity index (χ3v) is 2.55. The van der Waals surface area contributed by atoms with Gasteiger partial charge in [-0.15, -0.1) is 0 Å². The lowest BCUT2D eigenvalue weighted by molar-refractivity contribution is -0.144. The second-order valence-electron chi connectivity index (χ2n) is 3.82.